The molecule has 0 amide bonds. The predicted molar refractivity (Wildman–Crippen MR) is 103 cm³/mol. The smallest absolute Gasteiger partial charge is 0.133 e. The summed E-state index contributed by atoms with van der Waals surface area (Å²) in [5.74, 6) is 3.00. The van der Waals surface area contributed by atoms with Crippen LogP contribution in [0.25, 0.3) is 0 Å². The first-order chi connectivity index (χ1) is 11.9. The van der Waals surface area contributed by atoms with Crippen molar-refractivity contribution in [2.24, 2.45) is 34.5 Å². The van der Waals surface area contributed by atoms with Crippen molar-refractivity contribution in [1.29, 1.82) is 0 Å². The Bertz CT molecular complexity index is 550. The molecule has 4 unspecified atom stereocenters. The molecule has 0 aliphatic heterocycles. The van der Waals surface area contributed by atoms with Crippen LogP contribution in [0.5, 0.6) is 0 Å². The van der Waals surface area contributed by atoms with E-state index in [4.69, 9.17) is 0 Å². The van der Waals surface area contributed by atoms with Gasteiger partial charge in [0, 0.05) is 5.92 Å². The van der Waals surface area contributed by atoms with Crippen molar-refractivity contribution in [3.05, 3.63) is 11.6 Å². The Morgan fingerprint density at radius 1 is 1.08 bits per heavy atom. The van der Waals surface area contributed by atoms with Crippen LogP contribution >= 0.6 is 0 Å². The molecule has 3 saturated carbocycles. The van der Waals surface area contributed by atoms with E-state index in [-0.39, 0.29) is 11.5 Å². The van der Waals surface area contributed by atoms with E-state index >= 15 is 0 Å². The fourth-order valence-corrected chi connectivity index (χ4v) is 7.31. The topological polar surface area (TPSA) is 37.3 Å². The van der Waals surface area contributed by atoms with Gasteiger partial charge < -0.3 is 5.11 Å². The number of hydrogen-bond acceptors (Lipinski definition) is 2. The average Bonchev–Trinajstić information content (AvgIpc) is 2.95. The molecule has 4 rings (SSSR count). The molecule has 0 aromatic rings. The van der Waals surface area contributed by atoms with Gasteiger partial charge in [0.05, 0.1) is 6.10 Å². The molecule has 4 aliphatic rings. The lowest BCUT2D eigenvalue weighted by molar-refractivity contribution is -0.127. The molecule has 7 atom stereocenters. The molecule has 2 nitrogen and oxygen atoms in total. The van der Waals surface area contributed by atoms with Crippen LogP contribution in [0.2, 0.25) is 0 Å². The summed E-state index contributed by atoms with van der Waals surface area (Å²) >= 11 is 0. The molecule has 0 spiro atoms. The molecule has 4 aliphatic carbocycles. The minimum absolute atomic E-state index is 0.117. The number of allylic oxidation sites excluding steroid dienone is 1. The molecule has 0 aromatic carbocycles. The third-order valence-electron chi connectivity index (χ3n) is 8.57. The number of ketones is 1. The van der Waals surface area contributed by atoms with Crippen molar-refractivity contribution < 1.29 is 9.90 Å². The molecular formula is C23H38O2. The Kier molecular flexibility index (Phi) is 5.23. The molecular weight excluding hydrogens is 308 g/mol. The van der Waals surface area contributed by atoms with Gasteiger partial charge in [-0.1, -0.05) is 39.3 Å². The minimum atomic E-state index is -0.117. The summed E-state index contributed by atoms with van der Waals surface area (Å²) in [7, 11) is 0. The largest absolute Gasteiger partial charge is 0.393 e. The van der Waals surface area contributed by atoms with Gasteiger partial charge in [-0.15, -0.1) is 0 Å². The maximum Gasteiger partial charge on any atom is 0.133 e. The van der Waals surface area contributed by atoms with E-state index in [1.165, 1.54) is 25.7 Å². The second-order valence-electron chi connectivity index (χ2n) is 9.44. The van der Waals surface area contributed by atoms with Crippen LogP contribution in [0, 0.1) is 34.5 Å². The summed E-state index contributed by atoms with van der Waals surface area (Å²) in [5.41, 5.74) is 2.11. The Balaban J connectivity index is 0.000000880. The van der Waals surface area contributed by atoms with Gasteiger partial charge in [0.25, 0.3) is 0 Å². The number of Topliss-reactive ketones (excluding diaryl/α,β-unsaturated/α-hetero) is 1. The average molecular weight is 347 g/mol. The van der Waals surface area contributed by atoms with Gasteiger partial charge in [-0.05, 0) is 86.9 Å². The number of hydrogen-bond donors (Lipinski definition) is 1. The molecule has 0 aromatic heterocycles. The first kappa shape index (κ1) is 19.1. The Morgan fingerprint density at radius 2 is 1.80 bits per heavy atom. The van der Waals surface area contributed by atoms with Gasteiger partial charge in [0.2, 0.25) is 0 Å². The molecule has 0 radical (unpaired) electrons. The Hall–Kier alpha value is -0.630. The van der Waals surface area contributed by atoms with Crippen LogP contribution in [0.1, 0.15) is 86.0 Å². The number of carbonyl (C=O) groups excluding carboxylic acids is 1. The number of carbonyl (C=O) groups is 1. The molecule has 2 heteroatoms. The van der Waals surface area contributed by atoms with Crippen molar-refractivity contribution in [3.63, 3.8) is 0 Å². The molecule has 0 bridgehead atoms. The maximum absolute atomic E-state index is 12.2. The monoisotopic (exact) mass is 346 g/mol. The molecule has 142 valence electrons. The summed E-state index contributed by atoms with van der Waals surface area (Å²) in [6.07, 6.45) is 11.5. The lowest BCUT2D eigenvalue weighted by Crippen LogP contribution is -2.50. The summed E-state index contributed by atoms with van der Waals surface area (Å²) in [4.78, 5) is 12.2. The highest BCUT2D eigenvalue weighted by Gasteiger charge is 2.59. The number of aliphatic hydroxyl groups excluding tert-OH is 1. The predicted octanol–water partition coefficient (Wildman–Crippen LogP) is 5.54. The van der Waals surface area contributed by atoms with Crippen molar-refractivity contribution >= 4 is 5.78 Å². The van der Waals surface area contributed by atoms with Crippen LogP contribution in [0.4, 0.5) is 0 Å². The Labute approximate surface area is 154 Å². The zero-order valence-corrected chi connectivity index (χ0v) is 17.0. The van der Waals surface area contributed by atoms with Crippen molar-refractivity contribution in [2.45, 2.75) is 92.1 Å². The zero-order chi connectivity index (χ0) is 18.4. The van der Waals surface area contributed by atoms with E-state index in [1.54, 1.807) is 5.57 Å². The first-order valence-corrected chi connectivity index (χ1v) is 10.7. The SMILES string of the molecule is CC.CC(=O)[C@H]1CCC2C3CC=C4C[C@@H](O)CC[C@]4(C)C3CCC21C. The first-order valence-electron chi connectivity index (χ1n) is 10.7. The van der Waals surface area contributed by atoms with Gasteiger partial charge in [-0.3, -0.25) is 4.79 Å². The van der Waals surface area contributed by atoms with E-state index in [0.29, 0.717) is 17.1 Å². The lowest BCUT2D eigenvalue weighted by Gasteiger charge is -2.57. The van der Waals surface area contributed by atoms with Crippen LogP contribution in [0.3, 0.4) is 0 Å². The molecule has 3 fully saturated rings. The lowest BCUT2D eigenvalue weighted by atomic mass is 9.47. The van der Waals surface area contributed by atoms with Crippen LogP contribution in [-0.2, 0) is 4.79 Å². The second-order valence-corrected chi connectivity index (χ2v) is 9.44. The van der Waals surface area contributed by atoms with Crippen LogP contribution in [0.15, 0.2) is 11.6 Å². The molecule has 0 saturated heterocycles. The number of fused-ring (bicyclic) bond motifs is 5. The Morgan fingerprint density at radius 3 is 2.48 bits per heavy atom. The second kappa shape index (κ2) is 6.83. The quantitative estimate of drug-likeness (QED) is 0.633. The highest BCUT2D eigenvalue weighted by molar-refractivity contribution is 5.79. The van der Waals surface area contributed by atoms with E-state index in [1.807, 2.05) is 20.8 Å². The van der Waals surface area contributed by atoms with Gasteiger partial charge in [-0.2, -0.15) is 0 Å². The summed E-state index contributed by atoms with van der Waals surface area (Å²) in [5, 5.41) is 10.1. The maximum atomic E-state index is 12.2. The normalized spacial score (nSPS) is 48.2. The van der Waals surface area contributed by atoms with E-state index < -0.39 is 0 Å². The highest BCUT2D eigenvalue weighted by Crippen LogP contribution is 2.66. The van der Waals surface area contributed by atoms with Gasteiger partial charge in [0.1, 0.15) is 5.78 Å². The molecule has 25 heavy (non-hydrogen) atoms. The highest BCUT2D eigenvalue weighted by atomic mass is 16.3. The van der Waals surface area contributed by atoms with Crippen molar-refractivity contribution in [2.75, 3.05) is 0 Å². The summed E-state index contributed by atoms with van der Waals surface area (Å²) in [6.45, 7) is 10.7. The van der Waals surface area contributed by atoms with Crippen LogP contribution < -0.4 is 0 Å². The fourth-order valence-electron chi connectivity index (χ4n) is 7.31. The third-order valence-corrected chi connectivity index (χ3v) is 8.57. The zero-order valence-electron chi connectivity index (χ0n) is 17.0. The van der Waals surface area contributed by atoms with Crippen molar-refractivity contribution in [1.82, 2.24) is 0 Å². The van der Waals surface area contributed by atoms with E-state index in [9.17, 15) is 9.90 Å². The van der Waals surface area contributed by atoms with Gasteiger partial charge in [0.15, 0.2) is 0 Å². The minimum Gasteiger partial charge on any atom is -0.393 e. The van der Waals surface area contributed by atoms with E-state index in [0.717, 1.165) is 43.4 Å². The standard InChI is InChI=1S/C21H32O2.C2H6/c1-13(22)17-6-7-18-16-5-4-14-12-15(23)8-10-20(14,2)19(16)9-11-21(17,18)3;1-2/h4,15-19,23H,5-12H2,1-3H3;1-2H3/t15-,16?,17+,18?,19?,20-,21?;/m0./s1. The van der Waals surface area contributed by atoms with Crippen molar-refractivity contribution in [3.8, 4) is 0 Å². The third kappa shape index (κ3) is 2.83. The number of aliphatic hydroxyl groups is 1. The van der Waals surface area contributed by atoms with Gasteiger partial charge >= 0.3 is 0 Å². The number of rotatable bonds is 1. The molecule has 0 heterocycles. The summed E-state index contributed by atoms with van der Waals surface area (Å²) in [6, 6.07) is 0. The fraction of sp³-hybridized carbons (Fsp3) is 0.870. The van der Waals surface area contributed by atoms with E-state index in [2.05, 4.69) is 19.9 Å². The van der Waals surface area contributed by atoms with Gasteiger partial charge in [-0.25, -0.2) is 0 Å². The molecule has 1 N–H and O–H groups in total. The summed E-state index contributed by atoms with van der Waals surface area (Å²) < 4.78 is 0. The van der Waals surface area contributed by atoms with Crippen LogP contribution in [-0.4, -0.2) is 17.0 Å².